The first-order valence-corrected chi connectivity index (χ1v) is 8.57. The van der Waals surface area contributed by atoms with Gasteiger partial charge >= 0.3 is 6.09 Å². The van der Waals surface area contributed by atoms with E-state index in [1.165, 1.54) is 6.08 Å². The van der Waals surface area contributed by atoms with E-state index in [1.54, 1.807) is 0 Å². The van der Waals surface area contributed by atoms with E-state index in [-0.39, 0.29) is 17.0 Å². The third-order valence-corrected chi connectivity index (χ3v) is 5.51. The molecule has 1 aliphatic heterocycles. The molecule has 0 unspecified atom stereocenters. The van der Waals surface area contributed by atoms with Gasteiger partial charge in [-0.15, -0.1) is 6.58 Å². The van der Waals surface area contributed by atoms with Gasteiger partial charge in [-0.2, -0.15) is 4.31 Å². The van der Waals surface area contributed by atoms with E-state index in [9.17, 15) is 28.4 Å². The van der Waals surface area contributed by atoms with Crippen LogP contribution in [-0.2, 0) is 14.8 Å². The Labute approximate surface area is 143 Å². The zero-order chi connectivity index (χ0) is 18.8. The summed E-state index contributed by atoms with van der Waals surface area (Å²) in [7, 11) is -4.35. The predicted molar refractivity (Wildman–Crippen MR) is 84.1 cm³/mol. The predicted octanol–water partition coefficient (Wildman–Crippen LogP) is 0.402. The van der Waals surface area contributed by atoms with Crippen molar-refractivity contribution in [3.05, 3.63) is 47.0 Å². The molecule has 0 saturated carbocycles. The summed E-state index contributed by atoms with van der Waals surface area (Å²) in [6.07, 6.45) is -2.55. The average Bonchev–Trinajstić information content (AvgIpc) is 2.59. The van der Waals surface area contributed by atoms with Crippen molar-refractivity contribution in [3.63, 3.8) is 0 Å². The number of nitro benzene ring substituents is 1. The van der Waals surface area contributed by atoms with Gasteiger partial charge in [0.1, 0.15) is 12.2 Å². The van der Waals surface area contributed by atoms with Gasteiger partial charge in [0.05, 0.1) is 22.5 Å². The summed E-state index contributed by atoms with van der Waals surface area (Å²) in [5, 5.41) is 29.2. The molecule has 1 heterocycles. The second-order valence-electron chi connectivity index (χ2n) is 5.26. The first-order chi connectivity index (χ1) is 11.7. The van der Waals surface area contributed by atoms with Gasteiger partial charge in [0.2, 0.25) is 0 Å². The fraction of sp³-hybridized carbons (Fsp3) is 0.357. The van der Waals surface area contributed by atoms with Gasteiger partial charge in [0.25, 0.3) is 15.7 Å². The molecular formula is C14H16N2O8S. The minimum absolute atomic E-state index is 0.0941. The smallest absolute Gasteiger partial charge is 0.424 e. The zero-order valence-corrected chi connectivity index (χ0v) is 13.7. The summed E-state index contributed by atoms with van der Waals surface area (Å²) in [4.78, 5) is 21.8. The highest BCUT2D eigenvalue weighted by atomic mass is 32.2. The molecule has 0 radical (unpaired) electrons. The first kappa shape index (κ1) is 18.8. The second kappa shape index (κ2) is 7.17. The average molecular weight is 372 g/mol. The van der Waals surface area contributed by atoms with E-state index in [1.807, 2.05) is 0 Å². The molecule has 1 aromatic rings. The first-order valence-electron chi connectivity index (χ1n) is 7.13. The molecule has 1 amide bonds. The number of nitro groups is 1. The Morgan fingerprint density at radius 3 is 2.52 bits per heavy atom. The van der Waals surface area contributed by atoms with Crippen molar-refractivity contribution in [2.75, 3.05) is 6.61 Å². The highest BCUT2D eigenvalue weighted by molar-refractivity contribution is 7.89. The molecular weight excluding hydrogens is 356 g/mol. The molecule has 1 aromatic carbocycles. The van der Waals surface area contributed by atoms with Crippen LogP contribution in [0.25, 0.3) is 0 Å². The Morgan fingerprint density at radius 2 is 2.04 bits per heavy atom. The van der Waals surface area contributed by atoms with E-state index < -0.39 is 45.9 Å². The van der Waals surface area contributed by atoms with Crippen molar-refractivity contribution in [3.8, 4) is 0 Å². The van der Waals surface area contributed by atoms with Crippen molar-refractivity contribution in [2.45, 2.75) is 29.6 Å². The largest absolute Gasteiger partial charge is 0.442 e. The Balaban J connectivity index is 2.35. The van der Waals surface area contributed by atoms with Crippen LogP contribution in [0.15, 0.2) is 41.8 Å². The number of aliphatic hydroxyl groups excluding tert-OH is 2. The molecule has 1 fully saturated rings. The highest BCUT2D eigenvalue weighted by Crippen LogP contribution is 2.29. The van der Waals surface area contributed by atoms with E-state index in [0.717, 1.165) is 24.3 Å². The maximum absolute atomic E-state index is 12.7. The summed E-state index contributed by atoms with van der Waals surface area (Å²) in [5.74, 6) is 0. The van der Waals surface area contributed by atoms with Crippen molar-refractivity contribution < 1.29 is 33.1 Å². The van der Waals surface area contributed by atoms with Crippen molar-refractivity contribution in [2.24, 2.45) is 0 Å². The number of rotatable bonds is 6. The van der Waals surface area contributed by atoms with Crippen molar-refractivity contribution in [1.29, 1.82) is 0 Å². The maximum Gasteiger partial charge on any atom is 0.424 e. The van der Waals surface area contributed by atoms with Crippen LogP contribution in [0.2, 0.25) is 0 Å². The van der Waals surface area contributed by atoms with Crippen LogP contribution in [0.5, 0.6) is 0 Å². The molecule has 0 aromatic heterocycles. The van der Waals surface area contributed by atoms with E-state index in [4.69, 9.17) is 9.84 Å². The molecule has 0 aliphatic carbocycles. The Hall–Kier alpha value is -2.50. The number of carbonyl (C=O) groups excluding carboxylic acids is 1. The lowest BCUT2D eigenvalue weighted by atomic mass is 10.0. The molecule has 1 aliphatic rings. The monoisotopic (exact) mass is 372 g/mol. The van der Waals surface area contributed by atoms with E-state index in [2.05, 4.69) is 6.58 Å². The molecule has 136 valence electrons. The van der Waals surface area contributed by atoms with Gasteiger partial charge in [-0.1, -0.05) is 6.08 Å². The Morgan fingerprint density at radius 1 is 1.44 bits per heavy atom. The standard InChI is InChI=1S/C14H16N2O8S/c1-2-9-7-13(12(18)8-17)24-14(19)15(9)25(22,23)11-5-3-10(4-6-11)16(20)21/h2-6,9,12-13,17-18H,1,7-8H2/t9-,12+,13-/m0/s1. The number of sulfonamides is 1. The number of non-ortho nitro benzene ring substituents is 1. The maximum atomic E-state index is 12.7. The quantitative estimate of drug-likeness (QED) is 0.414. The number of ether oxygens (including phenoxy) is 1. The fourth-order valence-corrected chi connectivity index (χ4v) is 3.85. The number of hydrogen-bond acceptors (Lipinski definition) is 8. The van der Waals surface area contributed by atoms with Crippen LogP contribution in [-0.4, -0.2) is 58.8 Å². The van der Waals surface area contributed by atoms with Gasteiger partial charge in [-0.3, -0.25) is 10.1 Å². The Bertz CT molecular complexity index is 777. The third kappa shape index (κ3) is 3.62. The van der Waals surface area contributed by atoms with E-state index in [0.29, 0.717) is 4.31 Å². The van der Waals surface area contributed by atoms with Crippen molar-refractivity contribution in [1.82, 2.24) is 4.31 Å². The van der Waals surface area contributed by atoms with Crippen LogP contribution in [0.4, 0.5) is 10.5 Å². The summed E-state index contributed by atoms with van der Waals surface area (Å²) < 4.78 is 30.7. The molecule has 2 rings (SSSR count). The molecule has 11 heteroatoms. The number of benzene rings is 1. The second-order valence-corrected chi connectivity index (χ2v) is 7.08. The Kier molecular flexibility index (Phi) is 5.40. The summed E-state index contributed by atoms with van der Waals surface area (Å²) in [6, 6.07) is 3.02. The number of cyclic esters (lactones) is 1. The SMILES string of the molecule is C=C[C@H]1C[C@@H]([C@H](O)CO)OC(=O)N1S(=O)(=O)c1ccc([N+](=O)[O-])cc1. The number of carbonyl (C=O) groups is 1. The van der Waals surface area contributed by atoms with Gasteiger partial charge in [0.15, 0.2) is 0 Å². The lowest BCUT2D eigenvalue weighted by molar-refractivity contribution is -0.384. The molecule has 10 nitrogen and oxygen atoms in total. The number of amides is 1. The fourth-order valence-electron chi connectivity index (χ4n) is 2.37. The molecule has 0 bridgehead atoms. The van der Waals surface area contributed by atoms with Crippen molar-refractivity contribution >= 4 is 21.8 Å². The topological polar surface area (TPSA) is 147 Å². The van der Waals surface area contributed by atoms with Gasteiger partial charge < -0.3 is 14.9 Å². The summed E-state index contributed by atoms with van der Waals surface area (Å²) >= 11 is 0. The molecule has 1 saturated heterocycles. The number of hydrogen-bond donors (Lipinski definition) is 2. The number of aliphatic hydroxyl groups is 2. The van der Waals surface area contributed by atoms with E-state index >= 15 is 0 Å². The lowest BCUT2D eigenvalue weighted by Gasteiger charge is -2.37. The molecule has 2 N–H and O–H groups in total. The third-order valence-electron chi connectivity index (χ3n) is 3.70. The molecule has 3 atom stereocenters. The van der Waals surface area contributed by atoms with Crippen LogP contribution in [0, 0.1) is 10.1 Å². The van der Waals surface area contributed by atoms with Gasteiger partial charge in [0, 0.05) is 18.6 Å². The van der Waals surface area contributed by atoms with Crippen LogP contribution < -0.4 is 0 Å². The highest BCUT2D eigenvalue weighted by Gasteiger charge is 2.43. The van der Waals surface area contributed by atoms with Gasteiger partial charge in [-0.25, -0.2) is 13.2 Å². The minimum atomic E-state index is -4.35. The summed E-state index contributed by atoms with van der Waals surface area (Å²) in [6.45, 7) is 2.83. The van der Waals surface area contributed by atoms with Gasteiger partial charge in [-0.05, 0) is 12.1 Å². The normalized spacial score (nSPS) is 22.2. The summed E-state index contributed by atoms with van der Waals surface area (Å²) in [5.41, 5.74) is -0.299. The molecule has 0 spiro atoms. The van der Waals surface area contributed by atoms with Crippen LogP contribution in [0.1, 0.15) is 6.42 Å². The zero-order valence-electron chi connectivity index (χ0n) is 12.9. The van der Waals surface area contributed by atoms with Crippen LogP contribution >= 0.6 is 0 Å². The van der Waals surface area contributed by atoms with Crippen LogP contribution in [0.3, 0.4) is 0 Å². The number of nitrogens with zero attached hydrogens (tertiary/aromatic N) is 2. The minimum Gasteiger partial charge on any atom is -0.442 e. The lowest BCUT2D eigenvalue weighted by Crippen LogP contribution is -2.53. The molecule has 25 heavy (non-hydrogen) atoms.